The Bertz CT molecular complexity index is 1010. The number of aryl methyl sites for hydroxylation is 1. The molecule has 2 aliphatic rings. The molecule has 1 saturated carbocycles. The van der Waals surface area contributed by atoms with Gasteiger partial charge in [0.25, 0.3) is 10.0 Å². The van der Waals surface area contributed by atoms with Crippen LogP contribution in [0.1, 0.15) is 36.8 Å². The normalized spacial score (nSPS) is 18.5. The van der Waals surface area contributed by atoms with Crippen molar-refractivity contribution >= 4 is 39.1 Å². The Morgan fingerprint density at radius 3 is 2.32 bits per heavy atom. The van der Waals surface area contributed by atoms with Gasteiger partial charge in [-0.15, -0.1) is 5.10 Å². The number of hydrazone groups is 1. The molecule has 2 aromatic carbocycles. The highest BCUT2D eigenvalue weighted by molar-refractivity contribution is 7.89. The fraction of sp³-hybridized carbons (Fsp3) is 0.350. The predicted octanol–water partition coefficient (Wildman–Crippen LogP) is 4.57. The van der Waals surface area contributed by atoms with Gasteiger partial charge in [0.1, 0.15) is 0 Å². The molecule has 0 atom stereocenters. The monoisotopic (exact) mass is 437 g/mol. The highest BCUT2D eigenvalue weighted by Gasteiger charge is 2.52. The van der Waals surface area contributed by atoms with Crippen LogP contribution in [0.5, 0.6) is 0 Å². The van der Waals surface area contributed by atoms with Gasteiger partial charge in [0.2, 0.25) is 0 Å². The second kappa shape index (κ2) is 7.25. The fourth-order valence-electron chi connectivity index (χ4n) is 3.77. The minimum Gasteiger partial charge on any atom is -0.349 e. The van der Waals surface area contributed by atoms with Gasteiger partial charge >= 0.3 is 0 Å². The van der Waals surface area contributed by atoms with Gasteiger partial charge in [-0.1, -0.05) is 47.0 Å². The van der Waals surface area contributed by atoms with E-state index in [-0.39, 0.29) is 10.4 Å². The topological polar surface area (TPSA) is 61.8 Å². The molecule has 0 radical (unpaired) electrons. The number of nitrogens with one attached hydrogen (secondary N) is 1. The Labute approximate surface area is 175 Å². The summed E-state index contributed by atoms with van der Waals surface area (Å²) in [5.41, 5.74) is 1.60. The van der Waals surface area contributed by atoms with Gasteiger partial charge in [-0.25, -0.2) is 0 Å². The molecule has 1 heterocycles. The number of nitrogens with zero attached hydrogens (tertiary/aromatic N) is 2. The summed E-state index contributed by atoms with van der Waals surface area (Å²) in [5.74, 6) is 0.487. The van der Waals surface area contributed by atoms with Crippen LogP contribution in [0.2, 0.25) is 10.0 Å². The lowest BCUT2D eigenvalue weighted by atomic mass is 10.1. The average molecular weight is 438 g/mol. The molecular weight excluding hydrogens is 417 g/mol. The number of halogens is 2. The second-order valence-corrected chi connectivity index (χ2v) is 9.89. The number of benzene rings is 2. The van der Waals surface area contributed by atoms with E-state index in [4.69, 9.17) is 23.2 Å². The summed E-state index contributed by atoms with van der Waals surface area (Å²) in [6.45, 7) is 2.70. The SMILES string of the molecule is Cc1ccc(S(=O)(=O)N/N=C(\c2c(Cl)cccc2Cl)N2CCCC23CC3)cc1. The van der Waals surface area contributed by atoms with Crippen LogP contribution in [0, 0.1) is 6.92 Å². The van der Waals surface area contributed by atoms with Crippen molar-refractivity contribution < 1.29 is 8.42 Å². The number of hydrogen-bond donors (Lipinski definition) is 1. The van der Waals surface area contributed by atoms with E-state index in [9.17, 15) is 8.42 Å². The van der Waals surface area contributed by atoms with Crippen molar-refractivity contribution in [3.8, 4) is 0 Å². The quantitative estimate of drug-likeness (QED) is 0.432. The van der Waals surface area contributed by atoms with Gasteiger partial charge in [-0.05, 0) is 56.9 Å². The number of sulfonamides is 1. The van der Waals surface area contributed by atoms with Gasteiger partial charge in [0.05, 0.1) is 20.5 Å². The smallest absolute Gasteiger partial charge is 0.276 e. The minimum absolute atomic E-state index is 0.0522. The molecule has 0 unspecified atom stereocenters. The third-order valence-corrected chi connectivity index (χ3v) is 7.32. The Kier molecular flexibility index (Phi) is 5.06. The predicted molar refractivity (Wildman–Crippen MR) is 112 cm³/mol. The first-order valence-corrected chi connectivity index (χ1v) is 11.4. The van der Waals surface area contributed by atoms with E-state index in [2.05, 4.69) is 14.8 Å². The molecule has 1 aliphatic carbocycles. The molecule has 1 aliphatic heterocycles. The largest absolute Gasteiger partial charge is 0.349 e. The highest BCUT2D eigenvalue weighted by Crippen LogP contribution is 2.50. The number of rotatable bonds is 4. The lowest BCUT2D eigenvalue weighted by molar-refractivity contribution is 0.368. The van der Waals surface area contributed by atoms with E-state index in [1.54, 1.807) is 42.5 Å². The van der Waals surface area contributed by atoms with E-state index in [0.717, 1.165) is 37.8 Å². The fourth-order valence-corrected chi connectivity index (χ4v) is 5.14. The summed E-state index contributed by atoms with van der Waals surface area (Å²) >= 11 is 12.9. The van der Waals surface area contributed by atoms with Crippen LogP contribution in [0.4, 0.5) is 0 Å². The van der Waals surface area contributed by atoms with Crippen LogP contribution in [-0.4, -0.2) is 31.2 Å². The molecular formula is C20H21Cl2N3O2S. The maximum atomic E-state index is 12.7. The summed E-state index contributed by atoms with van der Waals surface area (Å²) < 4.78 is 25.5. The van der Waals surface area contributed by atoms with Gasteiger partial charge < -0.3 is 4.90 Å². The Morgan fingerprint density at radius 2 is 1.71 bits per heavy atom. The maximum Gasteiger partial charge on any atom is 0.276 e. The molecule has 8 heteroatoms. The third kappa shape index (κ3) is 3.61. The lowest BCUT2D eigenvalue weighted by Crippen LogP contribution is -2.39. The molecule has 0 bridgehead atoms. The summed E-state index contributed by atoms with van der Waals surface area (Å²) in [6, 6.07) is 11.9. The molecule has 4 rings (SSSR count). The second-order valence-electron chi connectivity index (χ2n) is 7.42. The summed E-state index contributed by atoms with van der Waals surface area (Å²) in [4.78, 5) is 4.72. The van der Waals surface area contributed by atoms with Gasteiger partial charge in [-0.3, -0.25) is 0 Å². The van der Waals surface area contributed by atoms with Crippen molar-refractivity contribution in [3.05, 3.63) is 63.6 Å². The van der Waals surface area contributed by atoms with Crippen LogP contribution >= 0.6 is 23.2 Å². The van der Waals surface area contributed by atoms with Crippen LogP contribution in [0.15, 0.2) is 52.5 Å². The van der Waals surface area contributed by atoms with Crippen LogP contribution in [0.25, 0.3) is 0 Å². The van der Waals surface area contributed by atoms with E-state index < -0.39 is 10.0 Å². The van der Waals surface area contributed by atoms with Crippen molar-refractivity contribution in [2.75, 3.05) is 6.54 Å². The first-order valence-electron chi connectivity index (χ1n) is 9.21. The van der Waals surface area contributed by atoms with Gasteiger partial charge in [0.15, 0.2) is 5.84 Å². The molecule has 0 amide bonds. The van der Waals surface area contributed by atoms with Gasteiger partial charge in [-0.2, -0.15) is 13.2 Å². The molecule has 28 heavy (non-hydrogen) atoms. The van der Waals surface area contributed by atoms with Crippen LogP contribution in [-0.2, 0) is 10.0 Å². The Balaban J connectivity index is 1.74. The molecule has 0 aromatic heterocycles. The van der Waals surface area contributed by atoms with Crippen molar-refractivity contribution in [2.45, 2.75) is 43.0 Å². The standard InChI is InChI=1S/C20H21Cl2N3O2S/c1-14-6-8-15(9-7-14)28(26,27)24-23-19(18-16(21)4-2-5-17(18)22)25-13-3-10-20(25)11-12-20/h2,4-9,24H,3,10-13H2,1H3/b23-19+. The highest BCUT2D eigenvalue weighted by atomic mass is 35.5. The van der Waals surface area contributed by atoms with Crippen LogP contribution in [0.3, 0.4) is 0 Å². The summed E-state index contributed by atoms with van der Waals surface area (Å²) in [6.07, 6.45) is 4.24. The van der Waals surface area contributed by atoms with Crippen molar-refractivity contribution in [3.63, 3.8) is 0 Å². The van der Waals surface area contributed by atoms with Crippen molar-refractivity contribution in [1.29, 1.82) is 0 Å². The van der Waals surface area contributed by atoms with Crippen molar-refractivity contribution in [2.24, 2.45) is 5.10 Å². The van der Waals surface area contributed by atoms with E-state index in [1.807, 2.05) is 6.92 Å². The van der Waals surface area contributed by atoms with E-state index >= 15 is 0 Å². The van der Waals surface area contributed by atoms with E-state index in [1.165, 1.54) is 0 Å². The average Bonchev–Trinajstić information content (AvgIpc) is 3.30. The lowest BCUT2D eigenvalue weighted by Gasteiger charge is -2.29. The number of hydrogen-bond acceptors (Lipinski definition) is 3. The summed E-state index contributed by atoms with van der Waals surface area (Å²) in [5, 5.41) is 5.23. The molecule has 1 N–H and O–H groups in total. The number of amidine groups is 1. The molecule has 5 nitrogen and oxygen atoms in total. The molecule has 1 saturated heterocycles. The van der Waals surface area contributed by atoms with Crippen LogP contribution < -0.4 is 4.83 Å². The maximum absolute atomic E-state index is 12.7. The van der Waals surface area contributed by atoms with Gasteiger partial charge in [0, 0.05) is 12.1 Å². The third-order valence-electron chi connectivity index (χ3n) is 5.47. The molecule has 2 fully saturated rings. The molecule has 1 spiro atoms. The van der Waals surface area contributed by atoms with E-state index in [0.29, 0.717) is 21.4 Å². The Morgan fingerprint density at radius 1 is 1.07 bits per heavy atom. The zero-order chi connectivity index (χ0) is 19.9. The first-order chi connectivity index (χ1) is 13.3. The molecule has 2 aromatic rings. The molecule has 148 valence electrons. The Hall–Kier alpha value is -1.76. The minimum atomic E-state index is -3.80. The zero-order valence-corrected chi connectivity index (χ0v) is 17.8. The summed E-state index contributed by atoms with van der Waals surface area (Å²) in [7, 11) is -3.80. The zero-order valence-electron chi connectivity index (χ0n) is 15.5. The first kappa shape index (κ1) is 19.6. The van der Waals surface area contributed by atoms with Crippen molar-refractivity contribution in [1.82, 2.24) is 9.73 Å². The number of likely N-dealkylation sites (tertiary alicyclic amines) is 1.